The summed E-state index contributed by atoms with van der Waals surface area (Å²) in [5.41, 5.74) is 0.997. The molecule has 1 aliphatic heterocycles. The summed E-state index contributed by atoms with van der Waals surface area (Å²) in [6, 6.07) is 19.8. The number of nitrogens with one attached hydrogen (secondary N) is 1. The number of ether oxygens (including phenoxy) is 2. The molecule has 0 aromatic heterocycles. The van der Waals surface area contributed by atoms with Gasteiger partial charge in [0.2, 0.25) is 0 Å². The Morgan fingerprint density at radius 3 is 2.36 bits per heavy atom. The van der Waals surface area contributed by atoms with Crippen LogP contribution in [0, 0.1) is 0 Å². The van der Waals surface area contributed by atoms with Crippen LogP contribution in [0.5, 0.6) is 5.75 Å². The molecule has 8 heteroatoms. The second-order valence-electron chi connectivity index (χ2n) is 11.8. The number of carbonyl (C=O) groups excluding carboxylic acids is 1. The van der Waals surface area contributed by atoms with Crippen molar-refractivity contribution >= 4 is 28.8 Å². The van der Waals surface area contributed by atoms with E-state index in [2.05, 4.69) is 22.2 Å². The van der Waals surface area contributed by atoms with Crippen LogP contribution >= 0.6 is 0 Å². The highest BCUT2D eigenvalue weighted by atomic mass is 16.6. The molecule has 0 spiro atoms. The molecule has 2 N–H and O–H groups in total. The van der Waals surface area contributed by atoms with Gasteiger partial charge in [0.05, 0.1) is 5.56 Å². The smallest absolute Gasteiger partial charge is 0.335 e. The number of nitrogens with zero attached hydrogens (tertiary/aromatic N) is 2. The number of benzene rings is 3. The van der Waals surface area contributed by atoms with E-state index >= 15 is 0 Å². The Morgan fingerprint density at radius 1 is 0.976 bits per heavy atom. The minimum absolute atomic E-state index is 0.143. The Hall–Kier alpha value is -3.72. The lowest BCUT2D eigenvalue weighted by atomic mass is 10.0. The van der Waals surface area contributed by atoms with Crippen LogP contribution in [0.25, 0.3) is 16.8 Å². The lowest BCUT2D eigenvalue weighted by Crippen LogP contribution is -2.46. The van der Waals surface area contributed by atoms with Gasteiger partial charge in [-0.3, -0.25) is 0 Å². The molecule has 1 fully saturated rings. The standard InChI is InChI=1S/C34H43N3O5/c1-34(2,3)42-33(40)31(35-17-8-18-37-21-19-36(4)20-22-37)28(23-25-13-15-27(16-14-25)32(38)39)24-41-30-12-7-10-26-9-5-6-11-29(26)30/h5-7,9-16,23,31,35H,8,17-22,24H2,1-4H3,(H,38,39)/b28-23+. The maximum Gasteiger partial charge on any atom is 0.335 e. The average molecular weight is 574 g/mol. The molecule has 1 saturated heterocycles. The van der Waals surface area contributed by atoms with Gasteiger partial charge in [0.25, 0.3) is 0 Å². The number of fused-ring (bicyclic) bond motifs is 1. The van der Waals surface area contributed by atoms with Crippen molar-refractivity contribution in [3.8, 4) is 5.75 Å². The number of rotatable bonds is 12. The Labute approximate surface area is 248 Å². The van der Waals surface area contributed by atoms with Gasteiger partial charge in [-0.25, -0.2) is 9.59 Å². The van der Waals surface area contributed by atoms with Crippen LogP contribution < -0.4 is 10.1 Å². The molecule has 3 aromatic rings. The van der Waals surface area contributed by atoms with Gasteiger partial charge in [0.15, 0.2) is 0 Å². The van der Waals surface area contributed by atoms with Crippen molar-refractivity contribution in [3.63, 3.8) is 0 Å². The average Bonchev–Trinajstić information content (AvgIpc) is 2.95. The van der Waals surface area contributed by atoms with Crippen molar-refractivity contribution in [2.45, 2.75) is 38.8 Å². The second-order valence-corrected chi connectivity index (χ2v) is 11.8. The normalized spacial score (nSPS) is 15.9. The fraction of sp³-hybridized carbons (Fsp3) is 0.412. The van der Waals surface area contributed by atoms with Crippen LogP contribution in [0.15, 0.2) is 72.3 Å². The third kappa shape index (κ3) is 9.14. The molecule has 0 bridgehead atoms. The highest BCUT2D eigenvalue weighted by molar-refractivity contribution is 5.89. The Balaban J connectivity index is 1.59. The number of carbonyl (C=O) groups is 2. The molecule has 0 saturated carbocycles. The summed E-state index contributed by atoms with van der Waals surface area (Å²) in [6.45, 7) is 11.5. The number of esters is 1. The van der Waals surface area contributed by atoms with E-state index in [0.717, 1.165) is 61.2 Å². The first-order valence-electron chi connectivity index (χ1n) is 14.6. The molecule has 1 aliphatic rings. The van der Waals surface area contributed by atoms with Crippen LogP contribution in [0.4, 0.5) is 0 Å². The van der Waals surface area contributed by atoms with Crippen molar-refractivity contribution in [1.29, 1.82) is 0 Å². The highest BCUT2D eigenvalue weighted by Crippen LogP contribution is 2.26. The fourth-order valence-electron chi connectivity index (χ4n) is 4.97. The molecule has 4 rings (SSSR count). The third-order valence-electron chi connectivity index (χ3n) is 7.26. The Morgan fingerprint density at radius 2 is 1.67 bits per heavy atom. The van der Waals surface area contributed by atoms with E-state index in [9.17, 15) is 14.7 Å². The van der Waals surface area contributed by atoms with Crippen LogP contribution in [0.2, 0.25) is 0 Å². The van der Waals surface area contributed by atoms with Gasteiger partial charge in [-0.05, 0) is 82.1 Å². The van der Waals surface area contributed by atoms with Gasteiger partial charge in [0.1, 0.15) is 24.0 Å². The quantitative estimate of drug-likeness (QED) is 0.233. The fourth-order valence-corrected chi connectivity index (χ4v) is 4.97. The van der Waals surface area contributed by atoms with E-state index in [-0.39, 0.29) is 18.1 Å². The van der Waals surface area contributed by atoms with Crippen LogP contribution in [-0.4, -0.2) is 91.4 Å². The summed E-state index contributed by atoms with van der Waals surface area (Å²) in [5, 5.41) is 14.8. The van der Waals surface area contributed by atoms with Gasteiger partial charge in [-0.2, -0.15) is 0 Å². The molecular weight excluding hydrogens is 530 g/mol. The van der Waals surface area contributed by atoms with Gasteiger partial charge < -0.3 is 29.7 Å². The van der Waals surface area contributed by atoms with Crippen molar-refractivity contribution < 1.29 is 24.2 Å². The highest BCUT2D eigenvalue weighted by Gasteiger charge is 2.29. The molecule has 224 valence electrons. The molecule has 42 heavy (non-hydrogen) atoms. The molecule has 1 atom stereocenters. The molecule has 3 aromatic carbocycles. The molecule has 0 amide bonds. The van der Waals surface area contributed by atoms with Crippen molar-refractivity contribution in [1.82, 2.24) is 15.1 Å². The second kappa shape index (κ2) is 14.4. The predicted octanol–water partition coefficient (Wildman–Crippen LogP) is 4.94. The Bertz CT molecular complexity index is 1370. The first-order chi connectivity index (χ1) is 20.1. The molecule has 1 heterocycles. The number of carboxylic acids is 1. The molecule has 0 aliphatic carbocycles. The summed E-state index contributed by atoms with van der Waals surface area (Å²) in [4.78, 5) is 29.8. The number of piperazine rings is 1. The largest absolute Gasteiger partial charge is 0.489 e. The minimum atomic E-state index is -0.987. The van der Waals surface area contributed by atoms with Crippen LogP contribution in [0.3, 0.4) is 0 Å². The monoisotopic (exact) mass is 573 g/mol. The van der Waals surface area contributed by atoms with Crippen molar-refractivity contribution in [2.24, 2.45) is 0 Å². The maximum absolute atomic E-state index is 13.6. The summed E-state index contributed by atoms with van der Waals surface area (Å²) in [5.74, 6) is -0.644. The first-order valence-corrected chi connectivity index (χ1v) is 14.6. The predicted molar refractivity (Wildman–Crippen MR) is 167 cm³/mol. The summed E-state index contributed by atoms with van der Waals surface area (Å²) < 4.78 is 12.2. The van der Waals surface area contributed by atoms with Crippen LogP contribution in [0.1, 0.15) is 43.1 Å². The van der Waals surface area contributed by atoms with Gasteiger partial charge >= 0.3 is 11.9 Å². The van der Waals surface area contributed by atoms with E-state index < -0.39 is 17.6 Å². The first kappa shape index (κ1) is 31.2. The SMILES string of the molecule is CN1CCN(CCCNC(C(=O)OC(C)(C)C)/C(=C/c2ccc(C(=O)O)cc2)COc2cccc3ccccc23)CC1. The molecule has 0 radical (unpaired) electrons. The number of hydrogen-bond acceptors (Lipinski definition) is 7. The van der Waals surface area contributed by atoms with E-state index in [1.807, 2.05) is 69.3 Å². The van der Waals surface area contributed by atoms with E-state index in [1.54, 1.807) is 24.3 Å². The number of likely N-dealkylation sites (N-methyl/N-ethyl adjacent to an activating group) is 1. The summed E-state index contributed by atoms with van der Waals surface area (Å²) >= 11 is 0. The number of carboxylic acid groups (broad SMARTS) is 1. The van der Waals surface area contributed by atoms with Gasteiger partial charge in [-0.15, -0.1) is 0 Å². The summed E-state index contributed by atoms with van der Waals surface area (Å²) in [7, 11) is 2.15. The molecular formula is C34H43N3O5. The van der Waals surface area contributed by atoms with E-state index in [0.29, 0.717) is 12.1 Å². The van der Waals surface area contributed by atoms with Crippen molar-refractivity contribution in [2.75, 3.05) is 52.9 Å². The topological polar surface area (TPSA) is 91.3 Å². The number of hydrogen-bond donors (Lipinski definition) is 2. The van der Waals surface area contributed by atoms with Gasteiger partial charge in [0, 0.05) is 31.6 Å². The van der Waals surface area contributed by atoms with E-state index in [1.165, 1.54) is 0 Å². The van der Waals surface area contributed by atoms with Gasteiger partial charge in [-0.1, -0.05) is 54.6 Å². The zero-order valence-corrected chi connectivity index (χ0v) is 25.1. The lowest BCUT2D eigenvalue weighted by molar-refractivity contribution is -0.156. The third-order valence-corrected chi connectivity index (χ3v) is 7.26. The number of aromatic carboxylic acids is 1. The maximum atomic E-state index is 13.6. The summed E-state index contributed by atoms with van der Waals surface area (Å²) in [6.07, 6.45) is 2.77. The molecule has 1 unspecified atom stereocenters. The zero-order valence-electron chi connectivity index (χ0n) is 25.1. The molecule has 8 nitrogen and oxygen atoms in total. The van der Waals surface area contributed by atoms with Crippen LogP contribution in [-0.2, 0) is 9.53 Å². The lowest BCUT2D eigenvalue weighted by Gasteiger charge is -2.32. The van der Waals surface area contributed by atoms with E-state index in [4.69, 9.17) is 9.47 Å². The zero-order chi connectivity index (χ0) is 30.1. The minimum Gasteiger partial charge on any atom is -0.489 e. The van der Waals surface area contributed by atoms with Crippen molar-refractivity contribution in [3.05, 3.63) is 83.4 Å². The Kier molecular flexibility index (Phi) is 10.7.